The molecule has 0 spiro atoms. The summed E-state index contributed by atoms with van der Waals surface area (Å²) in [6, 6.07) is 7.40. The molecule has 0 saturated heterocycles. The number of carboxylic acid groups (broad SMARTS) is 1. The Labute approximate surface area is 151 Å². The van der Waals surface area contributed by atoms with Crippen LogP contribution in [0.15, 0.2) is 42.7 Å². The zero-order valence-electron chi connectivity index (χ0n) is 9.11. The number of carbonyl (C=O) groups is 1. The predicted octanol–water partition coefficient (Wildman–Crippen LogP) is 1.71. The van der Waals surface area contributed by atoms with Crippen LogP contribution in [-0.4, -0.2) is 72.4 Å². The van der Waals surface area contributed by atoms with Gasteiger partial charge >= 0.3 is 57.4 Å². The maximum absolute atomic E-state index is 10.9. The Morgan fingerprint density at radius 2 is 1.79 bits per heavy atom. The van der Waals surface area contributed by atoms with Crippen LogP contribution in [0.5, 0.6) is 0 Å². The molecular formula is C12H9KN2O4. The van der Waals surface area contributed by atoms with Gasteiger partial charge in [0.15, 0.2) is 0 Å². The molecule has 0 aliphatic heterocycles. The van der Waals surface area contributed by atoms with Crippen molar-refractivity contribution in [2.45, 2.75) is 0 Å². The number of pyridine rings is 1. The standard InChI is InChI=1S/C12H8N2O4.K.H/c15-12(16)10-2-1-9(7-11(10)14(17)18)8-3-5-13-6-4-8;;/h1-7H,(H,15,16);;. The molecule has 19 heavy (non-hydrogen) atoms. The third kappa shape index (κ3) is 3.68. The van der Waals surface area contributed by atoms with Crippen molar-refractivity contribution in [3.05, 3.63) is 58.4 Å². The van der Waals surface area contributed by atoms with Gasteiger partial charge in [0.05, 0.1) is 4.92 Å². The number of hydrogen-bond donors (Lipinski definition) is 1. The average Bonchev–Trinajstić information content (AvgIpc) is 2.39. The van der Waals surface area contributed by atoms with E-state index < -0.39 is 16.6 Å². The van der Waals surface area contributed by atoms with E-state index >= 15 is 0 Å². The summed E-state index contributed by atoms with van der Waals surface area (Å²) in [6.45, 7) is 0. The Morgan fingerprint density at radius 1 is 1.16 bits per heavy atom. The van der Waals surface area contributed by atoms with Crippen LogP contribution < -0.4 is 0 Å². The number of nitrogens with zero attached hydrogens (tertiary/aromatic N) is 2. The summed E-state index contributed by atoms with van der Waals surface area (Å²) in [5.41, 5.74) is 0.578. The van der Waals surface area contributed by atoms with Gasteiger partial charge in [-0.15, -0.1) is 0 Å². The molecule has 2 aromatic rings. The molecule has 1 aromatic carbocycles. The van der Waals surface area contributed by atoms with Crippen molar-refractivity contribution in [3.8, 4) is 11.1 Å². The molecule has 0 fully saturated rings. The molecule has 0 aliphatic rings. The minimum atomic E-state index is -1.32. The van der Waals surface area contributed by atoms with Crippen molar-refractivity contribution in [3.63, 3.8) is 0 Å². The SMILES string of the molecule is O=C(O)c1ccc(-c2ccncc2)cc1[N+](=O)[O-].[KH]. The van der Waals surface area contributed by atoms with Crippen LogP contribution in [0.2, 0.25) is 0 Å². The average molecular weight is 284 g/mol. The molecule has 0 aliphatic carbocycles. The Kier molecular flexibility index (Phi) is 5.76. The van der Waals surface area contributed by atoms with Gasteiger partial charge in [-0.3, -0.25) is 15.1 Å². The molecule has 0 radical (unpaired) electrons. The number of nitro benzene ring substituents is 1. The Morgan fingerprint density at radius 3 is 2.32 bits per heavy atom. The van der Waals surface area contributed by atoms with E-state index in [1.165, 1.54) is 18.2 Å². The summed E-state index contributed by atoms with van der Waals surface area (Å²) in [5.74, 6) is -1.32. The molecule has 0 amide bonds. The molecule has 1 N–H and O–H groups in total. The van der Waals surface area contributed by atoms with Crippen molar-refractivity contribution in [1.82, 2.24) is 4.98 Å². The van der Waals surface area contributed by atoms with Crippen LogP contribution in [0.1, 0.15) is 10.4 Å². The maximum atomic E-state index is 10.9. The summed E-state index contributed by atoms with van der Waals surface area (Å²) in [7, 11) is 0. The van der Waals surface area contributed by atoms with Gasteiger partial charge in [-0.25, -0.2) is 4.79 Å². The first-order valence-electron chi connectivity index (χ1n) is 5.01. The first-order valence-corrected chi connectivity index (χ1v) is 5.01. The van der Waals surface area contributed by atoms with E-state index in [1.807, 2.05) is 0 Å². The Hall–Kier alpha value is -1.12. The van der Waals surface area contributed by atoms with Gasteiger partial charge in [0, 0.05) is 18.5 Å². The number of nitro groups is 1. The second-order valence-electron chi connectivity index (χ2n) is 3.53. The van der Waals surface area contributed by atoms with Gasteiger partial charge in [-0.05, 0) is 29.3 Å². The van der Waals surface area contributed by atoms with E-state index in [0.29, 0.717) is 5.56 Å². The summed E-state index contributed by atoms with van der Waals surface area (Å²) in [4.78, 5) is 24.8. The van der Waals surface area contributed by atoms with Crippen molar-refractivity contribution in [2.75, 3.05) is 0 Å². The van der Waals surface area contributed by atoms with Crippen LogP contribution in [0.4, 0.5) is 5.69 Å². The molecular weight excluding hydrogens is 275 g/mol. The summed E-state index contributed by atoms with van der Waals surface area (Å²) >= 11 is 0. The van der Waals surface area contributed by atoms with Gasteiger partial charge in [-0.1, -0.05) is 6.07 Å². The molecule has 7 heteroatoms. The van der Waals surface area contributed by atoms with Gasteiger partial charge in [0.1, 0.15) is 5.56 Å². The van der Waals surface area contributed by atoms with Crippen LogP contribution >= 0.6 is 0 Å². The first-order chi connectivity index (χ1) is 8.59. The van der Waals surface area contributed by atoms with Crippen LogP contribution in [0.25, 0.3) is 11.1 Å². The summed E-state index contributed by atoms with van der Waals surface area (Å²) in [5, 5.41) is 19.7. The Bertz CT molecular complexity index is 616. The number of hydrogen-bond acceptors (Lipinski definition) is 4. The predicted molar refractivity (Wildman–Crippen MR) is 70.4 cm³/mol. The van der Waals surface area contributed by atoms with Gasteiger partial charge in [0.2, 0.25) is 0 Å². The van der Waals surface area contributed by atoms with Gasteiger partial charge < -0.3 is 5.11 Å². The van der Waals surface area contributed by atoms with Crippen molar-refractivity contribution < 1.29 is 14.8 Å². The topological polar surface area (TPSA) is 93.3 Å². The van der Waals surface area contributed by atoms with E-state index in [4.69, 9.17) is 5.11 Å². The van der Waals surface area contributed by atoms with E-state index in [9.17, 15) is 14.9 Å². The van der Waals surface area contributed by atoms with Crippen molar-refractivity contribution in [2.24, 2.45) is 0 Å². The van der Waals surface area contributed by atoms with E-state index in [-0.39, 0.29) is 56.9 Å². The van der Waals surface area contributed by atoms with Gasteiger partial charge in [0.25, 0.3) is 5.69 Å². The van der Waals surface area contributed by atoms with Crippen molar-refractivity contribution >= 4 is 63.0 Å². The first kappa shape index (κ1) is 15.9. The van der Waals surface area contributed by atoms with Crippen molar-refractivity contribution in [1.29, 1.82) is 0 Å². The van der Waals surface area contributed by atoms with E-state index in [0.717, 1.165) is 5.56 Å². The quantitative estimate of drug-likeness (QED) is 0.526. The molecule has 0 saturated carbocycles. The fourth-order valence-electron chi connectivity index (χ4n) is 1.59. The molecule has 2 rings (SSSR count). The van der Waals surface area contributed by atoms with Crippen LogP contribution in [0, 0.1) is 10.1 Å². The molecule has 1 aromatic heterocycles. The molecule has 92 valence electrons. The number of aromatic carboxylic acids is 1. The van der Waals surface area contributed by atoms with Gasteiger partial charge in [-0.2, -0.15) is 0 Å². The molecule has 6 nitrogen and oxygen atoms in total. The second kappa shape index (κ2) is 6.87. The third-order valence-corrected chi connectivity index (χ3v) is 2.44. The van der Waals surface area contributed by atoms with E-state index in [2.05, 4.69) is 4.98 Å². The molecule has 1 heterocycles. The second-order valence-corrected chi connectivity index (χ2v) is 3.53. The summed E-state index contributed by atoms with van der Waals surface area (Å²) in [6.07, 6.45) is 3.12. The monoisotopic (exact) mass is 284 g/mol. The molecule has 0 unspecified atom stereocenters. The van der Waals surface area contributed by atoms with Crippen LogP contribution in [0.3, 0.4) is 0 Å². The Balaban J connectivity index is 0.00000180. The zero-order valence-corrected chi connectivity index (χ0v) is 9.11. The number of rotatable bonds is 3. The van der Waals surface area contributed by atoms with E-state index in [1.54, 1.807) is 24.5 Å². The fourth-order valence-corrected chi connectivity index (χ4v) is 1.59. The van der Waals surface area contributed by atoms with Crippen LogP contribution in [-0.2, 0) is 0 Å². The number of aromatic nitrogens is 1. The summed E-state index contributed by atoms with van der Waals surface area (Å²) < 4.78 is 0. The third-order valence-electron chi connectivity index (χ3n) is 2.44. The zero-order chi connectivity index (χ0) is 13.1. The number of carboxylic acids is 1. The number of benzene rings is 1. The normalized spacial score (nSPS) is 9.47. The minimum absolute atomic E-state index is 0. The molecule has 0 atom stereocenters. The fraction of sp³-hybridized carbons (Fsp3) is 0. The molecule has 0 bridgehead atoms.